The first-order valence-corrected chi connectivity index (χ1v) is 11.5. The zero-order valence-corrected chi connectivity index (χ0v) is 18.8. The largest absolute Gasteiger partial charge is 0.369 e. The maximum absolute atomic E-state index is 13.4. The lowest BCUT2D eigenvalue weighted by Gasteiger charge is -2.41. The number of aromatic amines is 1. The number of aryl methyl sites for hydroxylation is 1. The molecule has 1 saturated heterocycles. The standard InChI is InChI=1S/C26H32N4O/c1-18-7-6-10-25(19(18)2)29-15-13-28(14-16-29)20(3)26(31)30-12-11-24-22(17-30)21-8-4-5-9-23(21)27-24/h4-10,20,27H,11-17H2,1-3H3. The lowest BCUT2D eigenvalue weighted by molar-refractivity contribution is -0.137. The fourth-order valence-electron chi connectivity index (χ4n) is 5.20. The summed E-state index contributed by atoms with van der Waals surface area (Å²) in [6.07, 6.45) is 0.906. The minimum Gasteiger partial charge on any atom is -0.369 e. The van der Waals surface area contributed by atoms with Crippen LogP contribution in [-0.2, 0) is 17.8 Å². The Hall–Kier alpha value is -2.79. The molecule has 2 aromatic carbocycles. The van der Waals surface area contributed by atoms with Crippen molar-refractivity contribution in [2.24, 2.45) is 0 Å². The molecule has 162 valence electrons. The number of nitrogens with zero attached hydrogens (tertiary/aromatic N) is 3. The van der Waals surface area contributed by atoms with Crippen LogP contribution < -0.4 is 4.90 Å². The van der Waals surface area contributed by atoms with Crippen LogP contribution in [0.15, 0.2) is 42.5 Å². The number of fused-ring (bicyclic) bond motifs is 3. The number of H-pyrrole nitrogens is 1. The summed E-state index contributed by atoms with van der Waals surface area (Å²) >= 11 is 0. The number of piperazine rings is 1. The normalized spacial score (nSPS) is 18.3. The summed E-state index contributed by atoms with van der Waals surface area (Å²) in [5.74, 6) is 0.260. The monoisotopic (exact) mass is 416 g/mol. The van der Waals surface area contributed by atoms with Gasteiger partial charge in [-0.3, -0.25) is 9.69 Å². The van der Waals surface area contributed by atoms with Gasteiger partial charge in [-0.15, -0.1) is 0 Å². The average Bonchev–Trinajstić information content (AvgIpc) is 3.18. The number of anilines is 1. The number of nitrogens with one attached hydrogen (secondary N) is 1. The van der Waals surface area contributed by atoms with E-state index in [1.54, 1.807) is 0 Å². The van der Waals surface area contributed by atoms with Gasteiger partial charge in [-0.05, 0) is 44.0 Å². The summed E-state index contributed by atoms with van der Waals surface area (Å²) in [6, 6.07) is 14.9. The molecule has 0 spiro atoms. The molecule has 0 aliphatic carbocycles. The van der Waals surface area contributed by atoms with Crippen LogP contribution in [0, 0.1) is 13.8 Å². The van der Waals surface area contributed by atoms with E-state index in [1.807, 2.05) is 0 Å². The van der Waals surface area contributed by atoms with Crippen molar-refractivity contribution in [2.75, 3.05) is 37.6 Å². The molecule has 1 aromatic heterocycles. The van der Waals surface area contributed by atoms with Gasteiger partial charge in [0.15, 0.2) is 0 Å². The molecule has 0 radical (unpaired) electrons. The number of rotatable bonds is 3. The molecular weight excluding hydrogens is 384 g/mol. The molecule has 2 aliphatic heterocycles. The van der Waals surface area contributed by atoms with E-state index in [9.17, 15) is 4.79 Å². The van der Waals surface area contributed by atoms with Gasteiger partial charge < -0.3 is 14.8 Å². The second kappa shape index (κ2) is 8.04. The molecule has 2 aliphatic rings. The van der Waals surface area contributed by atoms with E-state index in [1.165, 1.54) is 39.0 Å². The van der Waals surface area contributed by atoms with Gasteiger partial charge >= 0.3 is 0 Å². The number of hydrogen-bond acceptors (Lipinski definition) is 3. The molecule has 5 heteroatoms. The summed E-state index contributed by atoms with van der Waals surface area (Å²) in [5, 5.41) is 1.25. The van der Waals surface area contributed by atoms with E-state index in [2.05, 4.69) is 82.9 Å². The van der Waals surface area contributed by atoms with Crippen LogP contribution in [0.25, 0.3) is 10.9 Å². The maximum atomic E-state index is 13.4. The van der Waals surface area contributed by atoms with Gasteiger partial charge in [0.2, 0.25) is 5.91 Å². The first kappa shape index (κ1) is 20.1. The Labute approximate surface area is 184 Å². The van der Waals surface area contributed by atoms with Crippen LogP contribution in [0.1, 0.15) is 29.3 Å². The third kappa shape index (κ3) is 3.61. The maximum Gasteiger partial charge on any atom is 0.239 e. The van der Waals surface area contributed by atoms with Crippen LogP contribution in [0.2, 0.25) is 0 Å². The third-order valence-corrected chi connectivity index (χ3v) is 7.33. The Morgan fingerprint density at radius 1 is 0.968 bits per heavy atom. The highest BCUT2D eigenvalue weighted by atomic mass is 16.2. The van der Waals surface area contributed by atoms with Crippen molar-refractivity contribution in [1.29, 1.82) is 0 Å². The van der Waals surface area contributed by atoms with Gasteiger partial charge in [-0.2, -0.15) is 0 Å². The Kier molecular flexibility index (Phi) is 5.22. The molecule has 0 bridgehead atoms. The fourth-order valence-corrected chi connectivity index (χ4v) is 5.20. The third-order valence-electron chi connectivity index (χ3n) is 7.33. The summed E-state index contributed by atoms with van der Waals surface area (Å²) in [6.45, 7) is 11.8. The van der Waals surface area contributed by atoms with Gasteiger partial charge in [0, 0.05) is 73.5 Å². The molecular formula is C26H32N4O. The highest BCUT2D eigenvalue weighted by Crippen LogP contribution is 2.29. The van der Waals surface area contributed by atoms with E-state index in [-0.39, 0.29) is 11.9 Å². The molecule has 1 fully saturated rings. The summed E-state index contributed by atoms with van der Waals surface area (Å²) in [4.78, 5) is 23.8. The van der Waals surface area contributed by atoms with Crippen LogP contribution >= 0.6 is 0 Å². The molecule has 31 heavy (non-hydrogen) atoms. The Balaban J connectivity index is 1.24. The number of aromatic nitrogens is 1. The number of amides is 1. The zero-order valence-electron chi connectivity index (χ0n) is 18.8. The van der Waals surface area contributed by atoms with Gasteiger partial charge in [0.05, 0.1) is 6.04 Å². The minimum atomic E-state index is -0.0764. The van der Waals surface area contributed by atoms with Gasteiger partial charge in [0.25, 0.3) is 0 Å². The van der Waals surface area contributed by atoms with Crippen LogP contribution in [0.3, 0.4) is 0 Å². The molecule has 1 atom stereocenters. The smallest absolute Gasteiger partial charge is 0.239 e. The van der Waals surface area contributed by atoms with Crippen molar-refractivity contribution in [3.8, 4) is 0 Å². The molecule has 5 nitrogen and oxygen atoms in total. The first-order valence-electron chi connectivity index (χ1n) is 11.5. The summed E-state index contributed by atoms with van der Waals surface area (Å²) in [5.41, 5.74) is 7.80. The predicted molar refractivity (Wildman–Crippen MR) is 127 cm³/mol. The van der Waals surface area contributed by atoms with Crippen molar-refractivity contribution >= 4 is 22.5 Å². The van der Waals surface area contributed by atoms with Gasteiger partial charge in [-0.25, -0.2) is 0 Å². The molecule has 0 saturated carbocycles. The summed E-state index contributed by atoms with van der Waals surface area (Å²) in [7, 11) is 0. The topological polar surface area (TPSA) is 42.6 Å². The number of hydrogen-bond donors (Lipinski definition) is 1. The fraction of sp³-hybridized carbons (Fsp3) is 0.423. The average molecular weight is 417 g/mol. The number of para-hydroxylation sites is 1. The van der Waals surface area contributed by atoms with Crippen LogP contribution in [0.4, 0.5) is 5.69 Å². The molecule has 1 N–H and O–H groups in total. The van der Waals surface area contributed by atoms with Crippen molar-refractivity contribution < 1.29 is 4.79 Å². The predicted octanol–water partition coefficient (Wildman–Crippen LogP) is 3.88. The lowest BCUT2D eigenvalue weighted by Crippen LogP contribution is -2.55. The minimum absolute atomic E-state index is 0.0764. The van der Waals surface area contributed by atoms with E-state index in [4.69, 9.17) is 0 Å². The lowest BCUT2D eigenvalue weighted by atomic mass is 10.0. The molecule has 5 rings (SSSR count). The number of benzene rings is 2. The number of carbonyl (C=O) groups excluding carboxylic acids is 1. The highest BCUT2D eigenvalue weighted by Gasteiger charge is 2.31. The van der Waals surface area contributed by atoms with Crippen LogP contribution in [0.5, 0.6) is 0 Å². The second-order valence-electron chi connectivity index (χ2n) is 9.06. The molecule has 1 amide bonds. The Bertz CT molecular complexity index is 1110. The van der Waals surface area contributed by atoms with E-state index in [0.29, 0.717) is 6.54 Å². The SMILES string of the molecule is Cc1cccc(N2CCN(C(C)C(=O)N3CCc4[nH]c5ccccc5c4C3)CC2)c1C. The van der Waals surface area contributed by atoms with E-state index >= 15 is 0 Å². The van der Waals surface area contributed by atoms with Crippen molar-refractivity contribution in [1.82, 2.24) is 14.8 Å². The molecule has 3 aromatic rings. The van der Waals surface area contributed by atoms with Crippen molar-refractivity contribution in [3.05, 3.63) is 64.8 Å². The zero-order chi connectivity index (χ0) is 21.5. The van der Waals surface area contributed by atoms with Gasteiger partial charge in [-0.1, -0.05) is 30.3 Å². The van der Waals surface area contributed by atoms with E-state index in [0.717, 1.165) is 39.1 Å². The van der Waals surface area contributed by atoms with E-state index < -0.39 is 0 Å². The Morgan fingerprint density at radius 2 is 1.74 bits per heavy atom. The van der Waals surface area contributed by atoms with Crippen molar-refractivity contribution in [3.63, 3.8) is 0 Å². The quantitative estimate of drug-likeness (QED) is 0.705. The molecule has 3 heterocycles. The first-order chi connectivity index (χ1) is 15.0. The number of carbonyl (C=O) groups is 1. The highest BCUT2D eigenvalue weighted by molar-refractivity contribution is 5.87. The van der Waals surface area contributed by atoms with Gasteiger partial charge in [0.1, 0.15) is 0 Å². The second-order valence-corrected chi connectivity index (χ2v) is 9.06. The summed E-state index contributed by atoms with van der Waals surface area (Å²) < 4.78 is 0. The van der Waals surface area contributed by atoms with Crippen LogP contribution in [-0.4, -0.2) is 59.5 Å². The van der Waals surface area contributed by atoms with Crippen molar-refractivity contribution in [2.45, 2.75) is 39.8 Å². The molecule has 1 unspecified atom stereocenters. The Morgan fingerprint density at radius 3 is 2.55 bits per heavy atom.